The van der Waals surface area contributed by atoms with Crippen LogP contribution in [0, 0.1) is 0 Å². The number of carbonyl (C=O) groups is 3. The van der Waals surface area contributed by atoms with Gasteiger partial charge in [0.25, 0.3) is 11.8 Å². The Morgan fingerprint density at radius 2 is 1.52 bits per heavy atom. The lowest BCUT2D eigenvalue weighted by atomic mass is 10.1. The number of pyridine rings is 1. The van der Waals surface area contributed by atoms with Crippen molar-refractivity contribution in [2.24, 2.45) is 0 Å². The first-order chi connectivity index (χ1) is 13.0. The van der Waals surface area contributed by atoms with E-state index in [1.807, 2.05) is 4.90 Å². The van der Waals surface area contributed by atoms with Gasteiger partial charge in [-0.3, -0.25) is 9.59 Å². The molecule has 1 aliphatic heterocycles. The van der Waals surface area contributed by atoms with Gasteiger partial charge in [-0.05, 0) is 49.2 Å². The van der Waals surface area contributed by atoms with Gasteiger partial charge < -0.3 is 15.3 Å². The molecule has 27 heavy (non-hydrogen) atoms. The van der Waals surface area contributed by atoms with Crippen LogP contribution in [0.15, 0.2) is 42.6 Å². The number of hydrogen-bond acceptors (Lipinski definition) is 4. The molecule has 1 fully saturated rings. The Morgan fingerprint density at radius 3 is 2.07 bits per heavy atom. The van der Waals surface area contributed by atoms with Gasteiger partial charge in [0.15, 0.2) is 0 Å². The van der Waals surface area contributed by atoms with E-state index in [2.05, 4.69) is 10.3 Å². The summed E-state index contributed by atoms with van der Waals surface area (Å²) in [6, 6.07) is 9.45. The average Bonchev–Trinajstić information content (AvgIpc) is 2.97. The second kappa shape index (κ2) is 8.44. The molecular formula is C20H21N3O4. The number of anilines is 1. The van der Waals surface area contributed by atoms with E-state index in [4.69, 9.17) is 5.11 Å². The lowest BCUT2D eigenvalue weighted by Gasteiger charge is -2.20. The fourth-order valence-corrected chi connectivity index (χ4v) is 3.01. The van der Waals surface area contributed by atoms with Gasteiger partial charge in [0, 0.05) is 30.5 Å². The lowest BCUT2D eigenvalue weighted by molar-refractivity contribution is 0.0689. The quantitative estimate of drug-likeness (QED) is 0.865. The molecule has 0 spiro atoms. The summed E-state index contributed by atoms with van der Waals surface area (Å²) in [6.45, 7) is 1.58. The number of aromatic nitrogens is 1. The average molecular weight is 367 g/mol. The third-order valence-electron chi connectivity index (χ3n) is 4.53. The smallest absolute Gasteiger partial charge is 0.354 e. The van der Waals surface area contributed by atoms with Gasteiger partial charge in [0.2, 0.25) is 0 Å². The van der Waals surface area contributed by atoms with Crippen molar-refractivity contribution in [1.82, 2.24) is 9.88 Å². The number of carboxylic acids is 1. The van der Waals surface area contributed by atoms with Crippen molar-refractivity contribution in [2.45, 2.75) is 25.7 Å². The fourth-order valence-electron chi connectivity index (χ4n) is 3.01. The Kier molecular flexibility index (Phi) is 5.80. The van der Waals surface area contributed by atoms with Crippen molar-refractivity contribution in [3.8, 4) is 0 Å². The molecule has 2 N–H and O–H groups in total. The summed E-state index contributed by atoms with van der Waals surface area (Å²) in [5, 5.41) is 11.5. The predicted molar refractivity (Wildman–Crippen MR) is 100.0 cm³/mol. The topological polar surface area (TPSA) is 99.6 Å². The van der Waals surface area contributed by atoms with Crippen LogP contribution in [0.4, 0.5) is 5.69 Å². The summed E-state index contributed by atoms with van der Waals surface area (Å²) < 4.78 is 0. The van der Waals surface area contributed by atoms with E-state index < -0.39 is 11.9 Å². The van der Waals surface area contributed by atoms with E-state index >= 15 is 0 Å². The lowest BCUT2D eigenvalue weighted by Crippen LogP contribution is -2.31. The number of rotatable bonds is 4. The van der Waals surface area contributed by atoms with Gasteiger partial charge in [0.05, 0.1) is 5.56 Å². The van der Waals surface area contributed by atoms with Crippen LogP contribution in [0.2, 0.25) is 0 Å². The van der Waals surface area contributed by atoms with E-state index in [0.29, 0.717) is 11.3 Å². The van der Waals surface area contributed by atoms with Crippen molar-refractivity contribution in [3.05, 3.63) is 59.4 Å². The SMILES string of the molecule is O=C(Nc1ccc(C(=O)N2CCCCCC2)cc1)c1ccc(C(=O)O)nc1. The highest BCUT2D eigenvalue weighted by molar-refractivity contribution is 6.04. The minimum absolute atomic E-state index is 0.0169. The van der Waals surface area contributed by atoms with E-state index in [-0.39, 0.29) is 17.2 Å². The van der Waals surface area contributed by atoms with Crippen molar-refractivity contribution in [1.29, 1.82) is 0 Å². The highest BCUT2D eigenvalue weighted by Gasteiger charge is 2.17. The van der Waals surface area contributed by atoms with Crippen LogP contribution in [0.5, 0.6) is 0 Å². The maximum Gasteiger partial charge on any atom is 0.354 e. The summed E-state index contributed by atoms with van der Waals surface area (Å²) in [5.74, 6) is -1.53. The Balaban J connectivity index is 1.63. The van der Waals surface area contributed by atoms with Crippen LogP contribution >= 0.6 is 0 Å². The number of amides is 2. The molecule has 0 saturated carbocycles. The van der Waals surface area contributed by atoms with E-state index in [1.54, 1.807) is 24.3 Å². The molecule has 2 aromatic rings. The maximum atomic E-state index is 12.6. The van der Waals surface area contributed by atoms with E-state index in [1.165, 1.54) is 18.3 Å². The zero-order chi connectivity index (χ0) is 19.2. The number of carbonyl (C=O) groups excluding carboxylic acids is 2. The molecule has 140 valence electrons. The highest BCUT2D eigenvalue weighted by atomic mass is 16.4. The Hall–Kier alpha value is -3.22. The van der Waals surface area contributed by atoms with Crippen molar-refractivity contribution in [2.75, 3.05) is 18.4 Å². The number of aromatic carboxylic acids is 1. The fraction of sp³-hybridized carbons (Fsp3) is 0.300. The van der Waals surface area contributed by atoms with Gasteiger partial charge in [-0.1, -0.05) is 12.8 Å². The minimum Gasteiger partial charge on any atom is -0.477 e. The standard InChI is InChI=1S/C20H21N3O4/c24-18(15-7-10-17(20(26)27)21-13-15)22-16-8-5-14(6-9-16)19(25)23-11-3-1-2-4-12-23/h5-10,13H,1-4,11-12H2,(H,22,24)(H,26,27). The molecule has 7 heteroatoms. The number of likely N-dealkylation sites (tertiary alicyclic amines) is 1. The third-order valence-corrected chi connectivity index (χ3v) is 4.53. The Labute approximate surface area is 157 Å². The molecule has 1 aromatic carbocycles. The molecular weight excluding hydrogens is 346 g/mol. The summed E-state index contributed by atoms with van der Waals surface area (Å²) in [6.07, 6.45) is 5.62. The number of nitrogens with one attached hydrogen (secondary N) is 1. The van der Waals surface area contributed by atoms with Crippen molar-refractivity contribution >= 4 is 23.5 Å². The van der Waals surface area contributed by atoms with E-state index in [9.17, 15) is 14.4 Å². The molecule has 2 amide bonds. The normalized spacial score (nSPS) is 14.3. The van der Waals surface area contributed by atoms with Crippen LogP contribution < -0.4 is 5.32 Å². The van der Waals surface area contributed by atoms with Crippen LogP contribution in [-0.2, 0) is 0 Å². The molecule has 0 aliphatic carbocycles. The predicted octanol–water partition coefficient (Wildman–Crippen LogP) is 3.05. The van der Waals surface area contributed by atoms with Gasteiger partial charge in [-0.15, -0.1) is 0 Å². The molecule has 1 aliphatic rings. The molecule has 1 aromatic heterocycles. The minimum atomic E-state index is -1.15. The zero-order valence-electron chi connectivity index (χ0n) is 14.9. The second-order valence-electron chi connectivity index (χ2n) is 6.48. The Bertz CT molecular complexity index is 823. The molecule has 0 unspecified atom stereocenters. The van der Waals surface area contributed by atoms with Crippen LogP contribution in [0.1, 0.15) is 56.9 Å². The van der Waals surface area contributed by atoms with Crippen LogP contribution in [0.3, 0.4) is 0 Å². The van der Waals surface area contributed by atoms with Crippen LogP contribution in [0.25, 0.3) is 0 Å². The number of nitrogens with zero attached hydrogens (tertiary/aromatic N) is 2. The number of carboxylic acid groups (broad SMARTS) is 1. The largest absolute Gasteiger partial charge is 0.477 e. The first kappa shape index (κ1) is 18.6. The molecule has 0 atom stereocenters. The summed E-state index contributed by atoms with van der Waals surface area (Å²) >= 11 is 0. The van der Waals surface area contributed by atoms with Gasteiger partial charge >= 0.3 is 5.97 Å². The van der Waals surface area contributed by atoms with E-state index in [0.717, 1.165) is 38.8 Å². The van der Waals surface area contributed by atoms with Gasteiger partial charge in [-0.25, -0.2) is 9.78 Å². The highest BCUT2D eigenvalue weighted by Crippen LogP contribution is 2.16. The maximum absolute atomic E-state index is 12.6. The molecule has 0 bridgehead atoms. The summed E-state index contributed by atoms with van der Waals surface area (Å²) in [5.41, 5.74) is 1.28. The van der Waals surface area contributed by atoms with Gasteiger partial charge in [-0.2, -0.15) is 0 Å². The number of hydrogen-bond donors (Lipinski definition) is 2. The monoisotopic (exact) mass is 367 g/mol. The molecule has 7 nitrogen and oxygen atoms in total. The second-order valence-corrected chi connectivity index (χ2v) is 6.48. The first-order valence-corrected chi connectivity index (χ1v) is 8.94. The first-order valence-electron chi connectivity index (χ1n) is 8.94. The summed E-state index contributed by atoms with van der Waals surface area (Å²) in [4.78, 5) is 41.2. The number of benzene rings is 1. The van der Waals surface area contributed by atoms with Gasteiger partial charge in [0.1, 0.15) is 5.69 Å². The Morgan fingerprint density at radius 1 is 0.889 bits per heavy atom. The molecule has 2 heterocycles. The van der Waals surface area contributed by atoms with Crippen LogP contribution in [-0.4, -0.2) is 45.9 Å². The molecule has 1 saturated heterocycles. The molecule has 0 radical (unpaired) electrons. The van der Waals surface area contributed by atoms with Crippen molar-refractivity contribution in [3.63, 3.8) is 0 Å². The summed E-state index contributed by atoms with van der Waals surface area (Å²) in [7, 11) is 0. The van der Waals surface area contributed by atoms with Crippen molar-refractivity contribution < 1.29 is 19.5 Å². The zero-order valence-corrected chi connectivity index (χ0v) is 14.9. The molecule has 3 rings (SSSR count). The third kappa shape index (κ3) is 4.69.